The van der Waals surface area contributed by atoms with Crippen LogP contribution in [0.1, 0.15) is 39.9 Å². The average Bonchev–Trinajstić information content (AvgIpc) is 2.91. The van der Waals surface area contributed by atoms with Crippen molar-refractivity contribution in [3.05, 3.63) is 70.8 Å². The number of alkyl halides is 6. The molecule has 1 saturated heterocycles. The molecule has 2 aromatic rings. The third-order valence-corrected chi connectivity index (χ3v) is 6.48. The molecule has 0 aliphatic carbocycles. The number of rotatable bonds is 9. The van der Waals surface area contributed by atoms with E-state index in [1.54, 1.807) is 30.3 Å². The summed E-state index contributed by atoms with van der Waals surface area (Å²) in [6.07, 6.45) is -9.26. The van der Waals surface area contributed by atoms with Gasteiger partial charge in [0, 0.05) is 18.2 Å². The smallest absolute Gasteiger partial charge is 0.416 e. The first-order chi connectivity index (χ1) is 18.8. The quantitative estimate of drug-likeness (QED) is 0.351. The second-order valence-electron chi connectivity index (χ2n) is 9.39. The minimum atomic E-state index is -5.08. The van der Waals surface area contributed by atoms with E-state index in [1.165, 1.54) is 12.0 Å². The third kappa shape index (κ3) is 8.70. The maximum absolute atomic E-state index is 13.4. The second-order valence-corrected chi connectivity index (χ2v) is 9.39. The zero-order chi connectivity index (χ0) is 29.5. The van der Waals surface area contributed by atoms with Gasteiger partial charge in [-0.2, -0.15) is 26.3 Å². The number of hydrogen-bond acceptors (Lipinski definition) is 6. The van der Waals surface area contributed by atoms with Crippen molar-refractivity contribution < 1.29 is 50.2 Å². The van der Waals surface area contributed by atoms with E-state index in [1.807, 2.05) is 0 Å². The number of nitrogens with zero attached hydrogens (tertiary/aromatic N) is 1. The van der Waals surface area contributed by atoms with E-state index in [9.17, 15) is 40.7 Å². The molecule has 0 bridgehead atoms. The van der Waals surface area contributed by atoms with Crippen LogP contribution in [0.15, 0.2) is 48.5 Å². The number of carbonyl (C=O) groups is 3. The number of nitrogens with one attached hydrogen (secondary N) is 1. The summed E-state index contributed by atoms with van der Waals surface area (Å²) in [7, 11) is 1.20. The Morgan fingerprint density at radius 1 is 0.925 bits per heavy atom. The van der Waals surface area contributed by atoms with Crippen LogP contribution in [0, 0.1) is 5.92 Å². The number of benzene rings is 2. The molecule has 7 nitrogen and oxygen atoms in total. The molecule has 218 valence electrons. The lowest BCUT2D eigenvalue weighted by Crippen LogP contribution is -2.48. The van der Waals surface area contributed by atoms with Crippen LogP contribution in [0.25, 0.3) is 0 Å². The molecule has 1 N–H and O–H groups in total. The van der Waals surface area contributed by atoms with E-state index in [0.29, 0.717) is 31.4 Å². The van der Waals surface area contributed by atoms with Crippen LogP contribution in [-0.2, 0) is 37.8 Å². The Bertz CT molecular complexity index is 1150. The number of ether oxygens (including phenoxy) is 2. The molecule has 40 heavy (non-hydrogen) atoms. The molecule has 0 unspecified atom stereocenters. The molecule has 0 aromatic heterocycles. The van der Waals surface area contributed by atoms with Gasteiger partial charge in [0.2, 0.25) is 0 Å². The first kappa shape index (κ1) is 30.9. The topological polar surface area (TPSA) is 84.9 Å². The average molecular weight is 575 g/mol. The molecule has 0 radical (unpaired) electrons. The highest BCUT2D eigenvalue weighted by Gasteiger charge is 2.39. The number of amides is 1. The number of likely N-dealkylation sites (tertiary alicyclic amines) is 1. The number of hydrogen-bond donors (Lipinski definition) is 1. The van der Waals surface area contributed by atoms with Crippen LogP contribution in [0.2, 0.25) is 0 Å². The Morgan fingerprint density at radius 2 is 1.52 bits per heavy atom. The maximum Gasteiger partial charge on any atom is 0.416 e. The van der Waals surface area contributed by atoms with E-state index >= 15 is 0 Å². The van der Waals surface area contributed by atoms with E-state index in [2.05, 4.69) is 10.1 Å². The fraction of sp³-hybridized carbons (Fsp3) is 0.444. The largest absolute Gasteiger partial charge is 0.468 e. The molecule has 13 heteroatoms. The Kier molecular flexibility index (Phi) is 10.2. The zero-order valence-corrected chi connectivity index (χ0v) is 21.5. The van der Waals surface area contributed by atoms with E-state index in [-0.39, 0.29) is 38.2 Å². The van der Waals surface area contributed by atoms with Crippen molar-refractivity contribution in [2.45, 2.75) is 37.7 Å². The first-order valence-corrected chi connectivity index (χ1v) is 12.4. The Morgan fingerprint density at radius 3 is 2.10 bits per heavy atom. The normalized spacial score (nSPS) is 17.8. The highest BCUT2D eigenvalue weighted by molar-refractivity contribution is 5.95. The van der Waals surface area contributed by atoms with Gasteiger partial charge in [-0.05, 0) is 48.9 Å². The summed E-state index contributed by atoms with van der Waals surface area (Å²) in [5, 5.41) is 2.57. The Labute approximate surface area is 226 Å². The number of carbonyl (C=O) groups excluding carboxylic acids is 3. The molecule has 1 amide bonds. The number of esters is 2. The van der Waals surface area contributed by atoms with Crippen molar-refractivity contribution in [3.8, 4) is 0 Å². The van der Waals surface area contributed by atoms with Gasteiger partial charge in [-0.3, -0.25) is 19.7 Å². The molecule has 1 fully saturated rings. The summed E-state index contributed by atoms with van der Waals surface area (Å²) >= 11 is 0. The van der Waals surface area contributed by atoms with Gasteiger partial charge in [0.25, 0.3) is 5.91 Å². The van der Waals surface area contributed by atoms with Gasteiger partial charge >= 0.3 is 24.3 Å². The SMILES string of the molecule is COC(=O)CNCC(=O)OC[C@H]1CCN(C(=O)c2cc(C(F)(F)F)cc(C(F)(F)F)c2)[C@@H](Cc2ccccc2)C1. The molecule has 2 atom stereocenters. The van der Waals surface area contributed by atoms with Gasteiger partial charge in [0.05, 0.1) is 37.9 Å². The minimum Gasteiger partial charge on any atom is -0.468 e. The predicted octanol–water partition coefficient (Wildman–Crippen LogP) is 4.49. The standard InChI is InChI=1S/C27H28F6N2O5/c1-39-23(36)14-34-15-24(37)40-16-18-7-8-35(22(10-18)9-17-5-3-2-4-6-17)25(38)19-11-20(26(28,29)30)13-21(12-19)27(31,32)33/h2-6,11-13,18,22,34H,7-10,14-16H2,1H3/t18-,22-/m0/s1. The number of piperidine rings is 1. The molecule has 0 spiro atoms. The molecular formula is C27H28F6N2O5. The van der Waals surface area contributed by atoms with Crippen molar-refractivity contribution in [1.82, 2.24) is 10.2 Å². The van der Waals surface area contributed by atoms with Crippen LogP contribution in [0.4, 0.5) is 26.3 Å². The third-order valence-electron chi connectivity index (χ3n) is 6.48. The summed E-state index contributed by atoms with van der Waals surface area (Å²) in [5.74, 6) is -2.34. The Hall–Kier alpha value is -3.61. The van der Waals surface area contributed by atoms with Gasteiger partial charge in [-0.1, -0.05) is 30.3 Å². The monoisotopic (exact) mass is 574 g/mol. The first-order valence-electron chi connectivity index (χ1n) is 12.4. The van der Waals surface area contributed by atoms with Crippen molar-refractivity contribution in [2.24, 2.45) is 5.92 Å². The molecule has 3 rings (SSSR count). The highest BCUT2D eigenvalue weighted by atomic mass is 19.4. The molecular weight excluding hydrogens is 546 g/mol. The summed E-state index contributed by atoms with van der Waals surface area (Å²) < 4.78 is 90.0. The molecule has 1 heterocycles. The van der Waals surface area contributed by atoms with Crippen molar-refractivity contribution in [3.63, 3.8) is 0 Å². The number of halogens is 6. The van der Waals surface area contributed by atoms with Crippen LogP contribution in [0.5, 0.6) is 0 Å². The van der Waals surface area contributed by atoms with Crippen LogP contribution in [-0.4, -0.2) is 62.1 Å². The molecule has 2 aromatic carbocycles. The van der Waals surface area contributed by atoms with Gasteiger partial charge in [-0.15, -0.1) is 0 Å². The van der Waals surface area contributed by atoms with Crippen molar-refractivity contribution in [1.29, 1.82) is 0 Å². The summed E-state index contributed by atoms with van der Waals surface area (Å²) in [5.41, 5.74) is -3.02. The molecule has 1 aliphatic heterocycles. The zero-order valence-electron chi connectivity index (χ0n) is 21.5. The predicted molar refractivity (Wildman–Crippen MR) is 130 cm³/mol. The lowest BCUT2D eigenvalue weighted by molar-refractivity contribution is -0.146. The van der Waals surface area contributed by atoms with Gasteiger partial charge in [-0.25, -0.2) is 0 Å². The fourth-order valence-electron chi connectivity index (χ4n) is 4.48. The van der Waals surface area contributed by atoms with E-state index in [4.69, 9.17) is 4.74 Å². The van der Waals surface area contributed by atoms with Gasteiger partial charge in [0.1, 0.15) is 0 Å². The summed E-state index contributed by atoms with van der Waals surface area (Å²) in [4.78, 5) is 37.8. The van der Waals surface area contributed by atoms with Crippen LogP contribution in [0.3, 0.4) is 0 Å². The van der Waals surface area contributed by atoms with Crippen LogP contribution >= 0.6 is 0 Å². The molecule has 1 aliphatic rings. The van der Waals surface area contributed by atoms with Gasteiger partial charge in [0.15, 0.2) is 0 Å². The maximum atomic E-state index is 13.4. The van der Waals surface area contributed by atoms with E-state index in [0.717, 1.165) is 5.56 Å². The number of methoxy groups -OCH3 is 1. The molecule has 0 saturated carbocycles. The summed E-state index contributed by atoms with van der Waals surface area (Å²) in [6, 6.07) is 9.20. The second kappa shape index (κ2) is 13.2. The lowest BCUT2D eigenvalue weighted by Gasteiger charge is -2.40. The highest BCUT2D eigenvalue weighted by Crippen LogP contribution is 2.37. The fourth-order valence-corrected chi connectivity index (χ4v) is 4.48. The van der Waals surface area contributed by atoms with Crippen molar-refractivity contribution >= 4 is 17.8 Å². The van der Waals surface area contributed by atoms with Crippen molar-refractivity contribution in [2.75, 3.05) is 33.4 Å². The Balaban J connectivity index is 1.78. The minimum absolute atomic E-state index is 0.00611. The van der Waals surface area contributed by atoms with Gasteiger partial charge < -0.3 is 14.4 Å². The summed E-state index contributed by atoms with van der Waals surface area (Å²) in [6.45, 7) is -0.390. The van der Waals surface area contributed by atoms with Crippen LogP contribution < -0.4 is 5.32 Å². The van der Waals surface area contributed by atoms with E-state index < -0.39 is 52.9 Å². The lowest BCUT2D eigenvalue weighted by atomic mass is 9.87.